The van der Waals surface area contributed by atoms with Crippen molar-refractivity contribution in [3.8, 4) is 11.3 Å². The number of H-pyrrole nitrogens is 1. The molecule has 1 aromatic carbocycles. The van der Waals surface area contributed by atoms with Gasteiger partial charge in [-0.1, -0.05) is 24.3 Å². The highest BCUT2D eigenvalue weighted by molar-refractivity contribution is 5.77. The van der Waals surface area contributed by atoms with Gasteiger partial charge in [0.25, 0.3) is 0 Å². The van der Waals surface area contributed by atoms with Crippen molar-refractivity contribution < 1.29 is 4.79 Å². The molecule has 5 nitrogen and oxygen atoms in total. The summed E-state index contributed by atoms with van der Waals surface area (Å²) >= 11 is 0. The zero-order chi connectivity index (χ0) is 12.8. The summed E-state index contributed by atoms with van der Waals surface area (Å²) in [5.74, 6) is -0.00450. The van der Waals surface area contributed by atoms with Crippen LogP contribution in [0.4, 0.5) is 0 Å². The van der Waals surface area contributed by atoms with Crippen LogP contribution in [0.25, 0.3) is 11.3 Å². The summed E-state index contributed by atoms with van der Waals surface area (Å²) < 4.78 is 0. The molecule has 0 saturated carbocycles. The zero-order valence-electron chi connectivity index (χ0n) is 10.2. The second kappa shape index (κ2) is 5.97. The molecule has 94 valence electrons. The van der Waals surface area contributed by atoms with Crippen LogP contribution in [0, 0.1) is 0 Å². The molecule has 3 N–H and O–H groups in total. The number of likely N-dealkylation sites (N-methyl/N-ethyl adjacent to an activating group) is 1. The fourth-order valence-electron chi connectivity index (χ4n) is 1.64. The van der Waals surface area contributed by atoms with E-state index in [1.165, 1.54) is 0 Å². The zero-order valence-corrected chi connectivity index (χ0v) is 10.2. The van der Waals surface area contributed by atoms with E-state index < -0.39 is 0 Å². The average Bonchev–Trinajstić information content (AvgIpc) is 2.91. The number of amides is 1. The van der Waals surface area contributed by atoms with E-state index in [1.807, 2.05) is 30.3 Å². The van der Waals surface area contributed by atoms with Crippen LogP contribution in [-0.4, -0.2) is 29.7 Å². The minimum Gasteiger partial charge on any atom is -0.351 e. The molecular formula is C13H16N4O. The molecule has 1 amide bonds. The van der Waals surface area contributed by atoms with Gasteiger partial charge in [-0.15, -0.1) is 0 Å². The van der Waals surface area contributed by atoms with Gasteiger partial charge in [0, 0.05) is 12.7 Å². The molecule has 0 fully saturated rings. The molecule has 0 spiro atoms. The number of benzene rings is 1. The first-order valence-electron chi connectivity index (χ1n) is 5.79. The van der Waals surface area contributed by atoms with Crippen LogP contribution < -0.4 is 10.6 Å². The molecule has 5 heteroatoms. The van der Waals surface area contributed by atoms with Gasteiger partial charge < -0.3 is 10.6 Å². The molecule has 0 aliphatic carbocycles. The summed E-state index contributed by atoms with van der Waals surface area (Å²) in [6.07, 6.45) is 1.72. The van der Waals surface area contributed by atoms with Crippen LogP contribution in [-0.2, 0) is 11.3 Å². The summed E-state index contributed by atoms with van der Waals surface area (Å²) in [4.78, 5) is 11.3. The maximum Gasteiger partial charge on any atom is 0.234 e. The SMILES string of the molecule is CNCC(=O)NCc1ccc(-c2ccn[nH]2)cc1. The Morgan fingerprint density at radius 1 is 1.28 bits per heavy atom. The highest BCUT2D eigenvalue weighted by Crippen LogP contribution is 2.16. The van der Waals surface area contributed by atoms with Gasteiger partial charge >= 0.3 is 0 Å². The number of nitrogens with one attached hydrogen (secondary N) is 3. The van der Waals surface area contributed by atoms with E-state index >= 15 is 0 Å². The second-order valence-corrected chi connectivity index (χ2v) is 3.97. The van der Waals surface area contributed by atoms with Crippen molar-refractivity contribution in [2.24, 2.45) is 0 Å². The highest BCUT2D eigenvalue weighted by atomic mass is 16.1. The third-order valence-electron chi connectivity index (χ3n) is 2.59. The third kappa shape index (κ3) is 3.18. The minimum absolute atomic E-state index is 0.00450. The van der Waals surface area contributed by atoms with E-state index in [-0.39, 0.29) is 5.91 Å². The van der Waals surface area contributed by atoms with Crippen molar-refractivity contribution >= 4 is 5.91 Å². The molecule has 0 unspecified atom stereocenters. The molecule has 1 aromatic heterocycles. The largest absolute Gasteiger partial charge is 0.351 e. The molecule has 0 atom stereocenters. The van der Waals surface area contributed by atoms with Gasteiger partial charge in [0.2, 0.25) is 5.91 Å². The van der Waals surface area contributed by atoms with Crippen molar-refractivity contribution in [3.05, 3.63) is 42.1 Å². The lowest BCUT2D eigenvalue weighted by Crippen LogP contribution is -2.31. The quantitative estimate of drug-likeness (QED) is 0.732. The standard InChI is InChI=1S/C13H16N4O/c1-14-9-13(18)15-8-10-2-4-11(5-3-10)12-6-7-16-17-12/h2-7,14H,8-9H2,1H3,(H,15,18)(H,16,17). The minimum atomic E-state index is -0.00450. The van der Waals surface area contributed by atoms with E-state index in [1.54, 1.807) is 13.2 Å². The van der Waals surface area contributed by atoms with Gasteiger partial charge in [-0.2, -0.15) is 5.10 Å². The predicted molar refractivity (Wildman–Crippen MR) is 69.8 cm³/mol. The predicted octanol–water partition coefficient (Wildman–Crippen LogP) is 0.912. The van der Waals surface area contributed by atoms with E-state index in [4.69, 9.17) is 0 Å². The van der Waals surface area contributed by atoms with Crippen molar-refractivity contribution in [2.75, 3.05) is 13.6 Å². The molecule has 0 radical (unpaired) electrons. The van der Waals surface area contributed by atoms with Crippen LogP contribution >= 0.6 is 0 Å². The van der Waals surface area contributed by atoms with Crippen LogP contribution in [0.1, 0.15) is 5.56 Å². The number of hydrogen-bond donors (Lipinski definition) is 3. The Kier molecular flexibility index (Phi) is 4.09. The average molecular weight is 244 g/mol. The number of carbonyl (C=O) groups excluding carboxylic acids is 1. The summed E-state index contributed by atoms with van der Waals surface area (Å²) in [7, 11) is 1.75. The first kappa shape index (κ1) is 12.3. The van der Waals surface area contributed by atoms with E-state index in [2.05, 4.69) is 20.8 Å². The van der Waals surface area contributed by atoms with E-state index in [0.717, 1.165) is 16.8 Å². The van der Waals surface area contributed by atoms with Gasteiger partial charge in [0.15, 0.2) is 0 Å². The Labute approximate surface area is 106 Å². The van der Waals surface area contributed by atoms with E-state index in [0.29, 0.717) is 13.1 Å². The molecule has 1 heterocycles. The van der Waals surface area contributed by atoms with Gasteiger partial charge in [-0.3, -0.25) is 9.89 Å². The number of carbonyl (C=O) groups is 1. The van der Waals surface area contributed by atoms with Crippen LogP contribution in [0.5, 0.6) is 0 Å². The van der Waals surface area contributed by atoms with E-state index in [9.17, 15) is 4.79 Å². The molecule has 0 aliphatic heterocycles. The number of hydrogen-bond acceptors (Lipinski definition) is 3. The number of aromatic amines is 1. The Balaban J connectivity index is 1.94. The fourth-order valence-corrected chi connectivity index (χ4v) is 1.64. The topological polar surface area (TPSA) is 69.8 Å². The molecule has 2 aromatic rings. The lowest BCUT2D eigenvalue weighted by atomic mass is 10.1. The Morgan fingerprint density at radius 3 is 2.67 bits per heavy atom. The smallest absolute Gasteiger partial charge is 0.234 e. The third-order valence-corrected chi connectivity index (χ3v) is 2.59. The monoisotopic (exact) mass is 244 g/mol. The molecular weight excluding hydrogens is 228 g/mol. The molecule has 0 aliphatic rings. The van der Waals surface area contributed by atoms with Gasteiger partial charge in [-0.05, 0) is 24.2 Å². The van der Waals surface area contributed by atoms with Gasteiger partial charge in [-0.25, -0.2) is 0 Å². The lowest BCUT2D eigenvalue weighted by Gasteiger charge is -2.05. The normalized spacial score (nSPS) is 10.3. The summed E-state index contributed by atoms with van der Waals surface area (Å²) in [5, 5.41) is 12.5. The van der Waals surface area contributed by atoms with Crippen molar-refractivity contribution in [1.82, 2.24) is 20.8 Å². The summed E-state index contributed by atoms with van der Waals surface area (Å²) in [6.45, 7) is 0.885. The highest BCUT2D eigenvalue weighted by Gasteiger charge is 2.01. The summed E-state index contributed by atoms with van der Waals surface area (Å²) in [6, 6.07) is 9.93. The number of aromatic nitrogens is 2. The van der Waals surface area contributed by atoms with Crippen molar-refractivity contribution in [2.45, 2.75) is 6.54 Å². The number of nitrogens with zero attached hydrogens (tertiary/aromatic N) is 1. The first-order chi connectivity index (χ1) is 8.79. The Hall–Kier alpha value is -2.14. The van der Waals surface area contributed by atoms with Gasteiger partial charge in [0.1, 0.15) is 0 Å². The molecule has 0 bridgehead atoms. The van der Waals surface area contributed by atoms with Crippen LogP contribution in [0.15, 0.2) is 36.5 Å². The summed E-state index contributed by atoms with van der Waals surface area (Å²) in [5.41, 5.74) is 3.14. The van der Waals surface area contributed by atoms with Crippen molar-refractivity contribution in [1.29, 1.82) is 0 Å². The lowest BCUT2D eigenvalue weighted by molar-refractivity contribution is -0.120. The second-order valence-electron chi connectivity index (χ2n) is 3.97. The fraction of sp³-hybridized carbons (Fsp3) is 0.231. The molecule has 18 heavy (non-hydrogen) atoms. The Bertz CT molecular complexity index is 490. The van der Waals surface area contributed by atoms with Crippen LogP contribution in [0.2, 0.25) is 0 Å². The Morgan fingerprint density at radius 2 is 2.06 bits per heavy atom. The van der Waals surface area contributed by atoms with Crippen molar-refractivity contribution in [3.63, 3.8) is 0 Å². The maximum atomic E-state index is 11.3. The first-order valence-corrected chi connectivity index (χ1v) is 5.79. The molecule has 2 rings (SSSR count). The maximum absolute atomic E-state index is 11.3. The van der Waals surface area contributed by atoms with Gasteiger partial charge in [0.05, 0.1) is 12.2 Å². The van der Waals surface area contributed by atoms with Crippen LogP contribution in [0.3, 0.4) is 0 Å². The molecule has 0 saturated heterocycles. The number of rotatable bonds is 5.